The number of aromatic nitrogens is 1. The summed E-state index contributed by atoms with van der Waals surface area (Å²) in [5.74, 6) is -1.27. The molecule has 0 saturated carbocycles. The van der Waals surface area contributed by atoms with Gasteiger partial charge >= 0.3 is 12.1 Å². The second kappa shape index (κ2) is 15.8. The van der Waals surface area contributed by atoms with E-state index in [2.05, 4.69) is 9.88 Å². The molecule has 4 rings (SSSR count). The smallest absolute Gasteiger partial charge is 0.410 e. The van der Waals surface area contributed by atoms with Crippen molar-refractivity contribution < 1.29 is 33.3 Å². The standard InChI is InChI=1S/C34H44FN3O6/c1-23-5-7-30(39)21-32(40)44-33(25(3)17-27-18-28(35)20-29(19-27)38-13-15-42-16-14-38)24(2)6-8-31(23)43-34(41)37(4)22-26-9-11-36-12-10-26/h6,8-12,17-20,23-24,30-31,33,39H,5,7,13-16,21-22H2,1-4H3/b8-6+,25-17+/t23-,24-,30+,31+,33-/m0/s1. The van der Waals surface area contributed by atoms with E-state index in [4.69, 9.17) is 14.2 Å². The predicted octanol–water partition coefficient (Wildman–Crippen LogP) is 5.38. The zero-order valence-corrected chi connectivity index (χ0v) is 26.0. The van der Waals surface area contributed by atoms with Crippen molar-refractivity contribution in [2.24, 2.45) is 11.8 Å². The number of aliphatic hydroxyl groups excluding tert-OH is 1. The molecule has 44 heavy (non-hydrogen) atoms. The monoisotopic (exact) mass is 609 g/mol. The van der Waals surface area contributed by atoms with E-state index in [1.54, 1.807) is 19.4 Å². The third-order valence-corrected chi connectivity index (χ3v) is 8.10. The lowest BCUT2D eigenvalue weighted by Gasteiger charge is -2.29. The fraction of sp³-hybridized carbons (Fsp3) is 0.500. The first-order valence-electron chi connectivity index (χ1n) is 15.3. The van der Waals surface area contributed by atoms with Gasteiger partial charge in [-0.2, -0.15) is 0 Å². The maximum absolute atomic E-state index is 14.7. The number of rotatable bonds is 6. The number of carbonyl (C=O) groups excluding carboxylic acids is 2. The van der Waals surface area contributed by atoms with Gasteiger partial charge in [0.05, 0.1) is 25.7 Å². The van der Waals surface area contributed by atoms with Crippen LogP contribution in [-0.2, 0) is 25.5 Å². The molecule has 1 amide bonds. The molecule has 1 N–H and O–H groups in total. The van der Waals surface area contributed by atoms with E-state index >= 15 is 0 Å². The molecular weight excluding hydrogens is 565 g/mol. The van der Waals surface area contributed by atoms with E-state index in [0.717, 1.165) is 16.8 Å². The summed E-state index contributed by atoms with van der Waals surface area (Å²) < 4.78 is 31.9. The molecule has 1 saturated heterocycles. The number of aliphatic hydroxyl groups is 1. The number of nitrogens with zero attached hydrogens (tertiary/aromatic N) is 3. The first-order valence-corrected chi connectivity index (χ1v) is 15.3. The summed E-state index contributed by atoms with van der Waals surface area (Å²) in [6.45, 7) is 8.63. The number of cyclic esters (lactones) is 1. The van der Waals surface area contributed by atoms with Crippen LogP contribution in [0.15, 0.2) is 60.5 Å². The van der Waals surface area contributed by atoms with Gasteiger partial charge in [-0.05, 0) is 78.8 Å². The molecule has 0 spiro atoms. The Kier molecular flexibility index (Phi) is 11.9. The normalized spacial score (nSPS) is 26.1. The van der Waals surface area contributed by atoms with Crippen molar-refractivity contribution in [1.82, 2.24) is 9.88 Å². The van der Waals surface area contributed by atoms with Gasteiger partial charge in [-0.15, -0.1) is 0 Å². The van der Waals surface area contributed by atoms with Crippen LogP contribution in [0.1, 0.15) is 51.2 Å². The second-order valence-corrected chi connectivity index (χ2v) is 11.9. The number of carbonyl (C=O) groups is 2. The van der Waals surface area contributed by atoms with E-state index in [1.807, 2.05) is 57.2 Å². The second-order valence-electron chi connectivity index (χ2n) is 11.9. The molecule has 1 aromatic carbocycles. The molecule has 238 valence electrons. The van der Waals surface area contributed by atoms with Crippen LogP contribution >= 0.6 is 0 Å². The van der Waals surface area contributed by atoms with E-state index in [0.29, 0.717) is 51.3 Å². The van der Waals surface area contributed by atoms with Crippen molar-refractivity contribution in [2.45, 2.75) is 64.9 Å². The minimum absolute atomic E-state index is 0.109. The number of benzene rings is 1. The molecule has 5 atom stereocenters. The summed E-state index contributed by atoms with van der Waals surface area (Å²) in [6, 6.07) is 8.57. The summed E-state index contributed by atoms with van der Waals surface area (Å²) in [5.41, 5.74) is 3.08. The van der Waals surface area contributed by atoms with Gasteiger partial charge in [-0.1, -0.05) is 26.0 Å². The quantitative estimate of drug-likeness (QED) is 0.344. The zero-order valence-electron chi connectivity index (χ0n) is 26.0. The number of ether oxygens (including phenoxy) is 3. The highest BCUT2D eigenvalue weighted by Gasteiger charge is 2.28. The number of hydrogen-bond donors (Lipinski definition) is 1. The number of morpholine rings is 1. The van der Waals surface area contributed by atoms with Crippen LogP contribution in [-0.4, -0.2) is 78.7 Å². The van der Waals surface area contributed by atoms with Crippen LogP contribution in [0, 0.1) is 17.7 Å². The largest absolute Gasteiger partial charge is 0.457 e. The van der Waals surface area contributed by atoms with Gasteiger partial charge in [0, 0.05) is 50.7 Å². The van der Waals surface area contributed by atoms with Crippen molar-refractivity contribution in [3.8, 4) is 0 Å². The summed E-state index contributed by atoms with van der Waals surface area (Å²) in [5, 5.41) is 10.6. The maximum atomic E-state index is 14.7. The van der Waals surface area contributed by atoms with E-state index < -0.39 is 30.4 Å². The Balaban J connectivity index is 1.55. The first-order chi connectivity index (χ1) is 21.1. The third kappa shape index (κ3) is 9.62. The van der Waals surface area contributed by atoms with Crippen molar-refractivity contribution in [3.63, 3.8) is 0 Å². The molecule has 0 radical (unpaired) electrons. The molecule has 0 aliphatic carbocycles. The average molecular weight is 610 g/mol. The van der Waals surface area contributed by atoms with Gasteiger partial charge in [0.15, 0.2) is 0 Å². The maximum Gasteiger partial charge on any atom is 0.410 e. The first kappa shape index (κ1) is 33.1. The molecule has 0 bridgehead atoms. The Morgan fingerprint density at radius 2 is 1.89 bits per heavy atom. The Bertz CT molecular complexity index is 1310. The number of hydrogen-bond acceptors (Lipinski definition) is 8. The van der Waals surface area contributed by atoms with Crippen LogP contribution in [0.4, 0.5) is 14.9 Å². The number of pyridine rings is 1. The average Bonchev–Trinajstić information content (AvgIpc) is 3.00. The van der Waals surface area contributed by atoms with Crippen molar-refractivity contribution in [3.05, 3.63) is 77.4 Å². The van der Waals surface area contributed by atoms with Gasteiger partial charge in [0.1, 0.15) is 18.0 Å². The van der Waals surface area contributed by atoms with Gasteiger partial charge in [0.25, 0.3) is 0 Å². The minimum atomic E-state index is -0.890. The van der Waals surface area contributed by atoms with Crippen LogP contribution in [0.2, 0.25) is 0 Å². The van der Waals surface area contributed by atoms with Gasteiger partial charge in [-0.25, -0.2) is 9.18 Å². The van der Waals surface area contributed by atoms with Gasteiger partial charge in [-0.3, -0.25) is 9.78 Å². The molecule has 1 aromatic heterocycles. The molecule has 2 aliphatic heterocycles. The number of amides is 1. The highest BCUT2D eigenvalue weighted by molar-refractivity contribution is 5.71. The van der Waals surface area contributed by atoms with Gasteiger partial charge < -0.3 is 29.1 Å². The summed E-state index contributed by atoms with van der Waals surface area (Å²) in [7, 11) is 1.68. The Labute approximate surface area is 259 Å². The number of anilines is 1. The van der Waals surface area contributed by atoms with E-state index in [1.165, 1.54) is 17.0 Å². The molecular formula is C34H44FN3O6. The topological polar surface area (TPSA) is 101 Å². The summed E-state index contributed by atoms with van der Waals surface area (Å²) >= 11 is 0. The summed E-state index contributed by atoms with van der Waals surface area (Å²) in [4.78, 5) is 33.5. The van der Waals surface area contributed by atoms with Crippen LogP contribution < -0.4 is 4.90 Å². The van der Waals surface area contributed by atoms with E-state index in [-0.39, 0.29) is 24.1 Å². The molecule has 2 aliphatic rings. The van der Waals surface area contributed by atoms with Crippen molar-refractivity contribution >= 4 is 23.8 Å². The molecule has 1 fully saturated rings. The third-order valence-electron chi connectivity index (χ3n) is 8.10. The minimum Gasteiger partial charge on any atom is -0.457 e. The molecule has 0 unspecified atom stereocenters. The molecule has 2 aromatic rings. The Hall–Kier alpha value is -3.76. The number of esters is 1. The van der Waals surface area contributed by atoms with Crippen LogP contribution in [0.25, 0.3) is 6.08 Å². The lowest BCUT2D eigenvalue weighted by molar-refractivity contribution is -0.151. The fourth-order valence-electron chi connectivity index (χ4n) is 5.51. The highest BCUT2D eigenvalue weighted by Crippen LogP contribution is 2.27. The van der Waals surface area contributed by atoms with E-state index in [9.17, 15) is 19.1 Å². The zero-order chi connectivity index (χ0) is 31.6. The van der Waals surface area contributed by atoms with Gasteiger partial charge in [0.2, 0.25) is 0 Å². The van der Waals surface area contributed by atoms with Crippen molar-refractivity contribution in [1.29, 1.82) is 0 Å². The Morgan fingerprint density at radius 1 is 1.16 bits per heavy atom. The van der Waals surface area contributed by atoms with Crippen LogP contribution in [0.5, 0.6) is 0 Å². The van der Waals surface area contributed by atoms with Crippen molar-refractivity contribution in [2.75, 3.05) is 38.3 Å². The lowest BCUT2D eigenvalue weighted by atomic mass is 9.91. The summed E-state index contributed by atoms with van der Waals surface area (Å²) in [6.07, 6.45) is 7.08. The van der Waals surface area contributed by atoms with Crippen LogP contribution in [0.3, 0.4) is 0 Å². The highest BCUT2D eigenvalue weighted by atomic mass is 19.1. The lowest BCUT2D eigenvalue weighted by Crippen LogP contribution is -2.36. The molecule has 10 heteroatoms. The fourth-order valence-corrected chi connectivity index (χ4v) is 5.51. The molecule has 9 nitrogen and oxygen atoms in total. The molecule has 3 heterocycles. The number of halogens is 1. The SMILES string of the molecule is C/C(=C\c1cc(F)cc(N2CCOCC2)c1)[C@H]1OC(=O)C[C@H](O)CC[C@H](C)[C@H](OC(=O)N(C)Cc2ccncc2)/C=C/[C@@H]1C. The Morgan fingerprint density at radius 3 is 2.61 bits per heavy atom. The predicted molar refractivity (Wildman–Crippen MR) is 166 cm³/mol.